The zero-order chi connectivity index (χ0) is 16.9. The van der Waals surface area contributed by atoms with E-state index < -0.39 is 0 Å². The van der Waals surface area contributed by atoms with Gasteiger partial charge in [0.1, 0.15) is 0 Å². The highest BCUT2D eigenvalue weighted by Gasteiger charge is 2.30. The number of amides is 1. The second kappa shape index (κ2) is 7.45. The lowest BCUT2D eigenvalue weighted by atomic mass is 10.1. The van der Waals surface area contributed by atoms with Gasteiger partial charge in [-0.05, 0) is 31.4 Å². The van der Waals surface area contributed by atoms with Crippen LogP contribution >= 0.6 is 11.8 Å². The molecule has 3 rings (SSSR count). The van der Waals surface area contributed by atoms with Gasteiger partial charge in [0, 0.05) is 0 Å². The number of nitrogens with zero attached hydrogens (tertiary/aromatic N) is 2. The normalized spacial score (nSPS) is 19.6. The third kappa shape index (κ3) is 4.11. The van der Waals surface area contributed by atoms with E-state index in [0.717, 1.165) is 16.8 Å². The van der Waals surface area contributed by atoms with Gasteiger partial charge in [0.2, 0.25) is 5.91 Å². The Balaban J connectivity index is 1.67. The van der Waals surface area contributed by atoms with Crippen LogP contribution in [0, 0.1) is 6.92 Å². The van der Waals surface area contributed by atoms with E-state index >= 15 is 0 Å². The van der Waals surface area contributed by atoms with Crippen molar-refractivity contribution < 1.29 is 4.79 Å². The highest BCUT2D eigenvalue weighted by molar-refractivity contribution is 8.15. The molecule has 4 nitrogen and oxygen atoms in total. The Hall–Kier alpha value is -2.40. The molecule has 24 heavy (non-hydrogen) atoms. The number of hydrogen-bond donors (Lipinski definition) is 1. The highest BCUT2D eigenvalue weighted by Crippen LogP contribution is 2.23. The van der Waals surface area contributed by atoms with Gasteiger partial charge >= 0.3 is 0 Å². The molecule has 0 saturated carbocycles. The molecule has 0 spiro atoms. The standard InChI is InChI=1S/C19H19N3OS/c1-13-8-10-16(11-9-13)14(2)21-22-19-20-18(23)17(24-19)12-15-6-4-3-5-7-15/h3-11,17H,12H2,1-2H3,(H,20,22,23)/b21-14-/t17-/m1/s1. The van der Waals surface area contributed by atoms with Crippen LogP contribution in [0.4, 0.5) is 0 Å². The number of hydrogen-bond acceptors (Lipinski definition) is 4. The minimum Gasteiger partial charge on any atom is -0.303 e. The molecule has 1 fully saturated rings. The van der Waals surface area contributed by atoms with Crippen LogP contribution < -0.4 is 5.32 Å². The average molecular weight is 337 g/mol. The number of benzene rings is 2. The lowest BCUT2D eigenvalue weighted by Crippen LogP contribution is -2.25. The Kier molecular flexibility index (Phi) is 5.11. The first kappa shape index (κ1) is 16.5. The van der Waals surface area contributed by atoms with Crippen LogP contribution in [0.5, 0.6) is 0 Å². The van der Waals surface area contributed by atoms with Gasteiger partial charge in [0.15, 0.2) is 5.17 Å². The van der Waals surface area contributed by atoms with Crippen LogP contribution in [0.25, 0.3) is 0 Å². The van der Waals surface area contributed by atoms with E-state index in [9.17, 15) is 4.79 Å². The lowest BCUT2D eigenvalue weighted by Gasteiger charge is -2.04. The van der Waals surface area contributed by atoms with Crippen LogP contribution in [0.3, 0.4) is 0 Å². The van der Waals surface area contributed by atoms with Crippen molar-refractivity contribution in [1.29, 1.82) is 0 Å². The summed E-state index contributed by atoms with van der Waals surface area (Å²) >= 11 is 1.44. The van der Waals surface area contributed by atoms with Crippen molar-refractivity contribution in [1.82, 2.24) is 5.32 Å². The molecule has 1 atom stereocenters. The number of amidine groups is 1. The van der Waals surface area contributed by atoms with Crippen LogP contribution in [0.2, 0.25) is 0 Å². The SMILES string of the molecule is C/C(=N/N=C1\NC(=O)[C@@H](Cc2ccccc2)S1)c1ccc(C)cc1. The van der Waals surface area contributed by atoms with Gasteiger partial charge in [-0.3, -0.25) is 4.79 Å². The molecular formula is C19H19N3OS. The summed E-state index contributed by atoms with van der Waals surface area (Å²) in [7, 11) is 0. The van der Waals surface area contributed by atoms with Crippen molar-refractivity contribution >= 4 is 28.5 Å². The number of carbonyl (C=O) groups excluding carboxylic acids is 1. The van der Waals surface area contributed by atoms with E-state index in [1.54, 1.807) is 0 Å². The summed E-state index contributed by atoms with van der Waals surface area (Å²) in [6.07, 6.45) is 0.691. The predicted molar refractivity (Wildman–Crippen MR) is 100 cm³/mol. The van der Waals surface area contributed by atoms with Gasteiger partial charge in [0.05, 0.1) is 11.0 Å². The maximum atomic E-state index is 12.1. The number of aryl methyl sites for hydroxylation is 1. The molecule has 0 radical (unpaired) electrons. The van der Waals surface area contributed by atoms with E-state index in [0.29, 0.717) is 11.6 Å². The van der Waals surface area contributed by atoms with E-state index in [2.05, 4.69) is 15.5 Å². The average Bonchev–Trinajstić information content (AvgIpc) is 2.94. The smallest absolute Gasteiger partial charge is 0.239 e. The minimum absolute atomic E-state index is 0.00853. The molecule has 1 amide bonds. The molecule has 0 unspecified atom stereocenters. The first-order chi connectivity index (χ1) is 11.6. The largest absolute Gasteiger partial charge is 0.303 e. The molecule has 2 aromatic carbocycles. The monoisotopic (exact) mass is 337 g/mol. The van der Waals surface area contributed by atoms with Crippen molar-refractivity contribution in [3.8, 4) is 0 Å². The van der Waals surface area contributed by atoms with E-state index in [-0.39, 0.29) is 11.2 Å². The summed E-state index contributed by atoms with van der Waals surface area (Å²) < 4.78 is 0. The third-order valence-corrected chi connectivity index (χ3v) is 4.87. The molecule has 1 aliphatic rings. The molecule has 0 bridgehead atoms. The maximum absolute atomic E-state index is 12.1. The molecular weight excluding hydrogens is 318 g/mol. The van der Waals surface area contributed by atoms with Gasteiger partial charge in [-0.25, -0.2) is 0 Å². The Morgan fingerprint density at radius 2 is 1.83 bits per heavy atom. The molecule has 2 aromatic rings. The summed E-state index contributed by atoms with van der Waals surface area (Å²) in [5, 5.41) is 11.7. The lowest BCUT2D eigenvalue weighted by molar-refractivity contribution is -0.118. The number of nitrogens with one attached hydrogen (secondary N) is 1. The Morgan fingerprint density at radius 1 is 1.12 bits per heavy atom. The van der Waals surface area contributed by atoms with Crippen molar-refractivity contribution in [3.05, 3.63) is 71.3 Å². The molecule has 1 aliphatic heterocycles. The molecule has 1 heterocycles. The van der Waals surface area contributed by atoms with Crippen LogP contribution in [-0.4, -0.2) is 22.0 Å². The number of rotatable bonds is 4. The molecule has 0 aromatic heterocycles. The quantitative estimate of drug-likeness (QED) is 0.685. The Bertz CT molecular complexity index is 782. The molecule has 5 heteroatoms. The fourth-order valence-electron chi connectivity index (χ4n) is 2.39. The van der Waals surface area contributed by atoms with E-state index in [4.69, 9.17) is 0 Å². The van der Waals surface area contributed by atoms with Crippen molar-refractivity contribution in [2.45, 2.75) is 25.5 Å². The maximum Gasteiger partial charge on any atom is 0.239 e. The fourth-order valence-corrected chi connectivity index (χ4v) is 3.35. The zero-order valence-electron chi connectivity index (χ0n) is 13.7. The van der Waals surface area contributed by atoms with Gasteiger partial charge in [-0.1, -0.05) is 71.9 Å². The predicted octanol–water partition coefficient (Wildman–Crippen LogP) is 3.55. The number of carbonyl (C=O) groups is 1. The van der Waals surface area contributed by atoms with Crippen molar-refractivity contribution in [2.24, 2.45) is 10.2 Å². The van der Waals surface area contributed by atoms with Crippen molar-refractivity contribution in [2.75, 3.05) is 0 Å². The Labute approximate surface area is 146 Å². The second-order valence-electron chi connectivity index (χ2n) is 5.74. The first-order valence-electron chi connectivity index (χ1n) is 7.82. The molecule has 1 N–H and O–H groups in total. The summed E-state index contributed by atoms with van der Waals surface area (Å²) in [5.41, 5.74) is 4.20. The van der Waals surface area contributed by atoms with Crippen LogP contribution in [0.15, 0.2) is 64.8 Å². The van der Waals surface area contributed by atoms with Gasteiger partial charge in [0.25, 0.3) is 0 Å². The van der Waals surface area contributed by atoms with Gasteiger partial charge < -0.3 is 5.32 Å². The van der Waals surface area contributed by atoms with Crippen LogP contribution in [-0.2, 0) is 11.2 Å². The summed E-state index contributed by atoms with van der Waals surface area (Å²) in [6, 6.07) is 18.1. The molecule has 0 aliphatic carbocycles. The summed E-state index contributed by atoms with van der Waals surface area (Å²) in [4.78, 5) is 12.1. The minimum atomic E-state index is -0.152. The Morgan fingerprint density at radius 3 is 2.54 bits per heavy atom. The van der Waals surface area contributed by atoms with Crippen LogP contribution in [0.1, 0.15) is 23.6 Å². The zero-order valence-corrected chi connectivity index (χ0v) is 14.5. The highest BCUT2D eigenvalue weighted by atomic mass is 32.2. The van der Waals surface area contributed by atoms with Gasteiger partial charge in [-0.15, -0.1) is 5.10 Å². The molecule has 122 valence electrons. The molecule has 1 saturated heterocycles. The number of thioether (sulfide) groups is 1. The first-order valence-corrected chi connectivity index (χ1v) is 8.70. The van der Waals surface area contributed by atoms with Crippen molar-refractivity contribution in [3.63, 3.8) is 0 Å². The van der Waals surface area contributed by atoms with E-state index in [1.807, 2.05) is 68.4 Å². The second-order valence-corrected chi connectivity index (χ2v) is 6.93. The summed E-state index contributed by atoms with van der Waals surface area (Å²) in [5.74, 6) is -0.00853. The topological polar surface area (TPSA) is 53.8 Å². The van der Waals surface area contributed by atoms with Gasteiger partial charge in [-0.2, -0.15) is 5.10 Å². The fraction of sp³-hybridized carbons (Fsp3) is 0.211. The third-order valence-electron chi connectivity index (χ3n) is 3.80. The summed E-state index contributed by atoms with van der Waals surface area (Å²) in [6.45, 7) is 3.96. The van der Waals surface area contributed by atoms with E-state index in [1.165, 1.54) is 17.3 Å².